The van der Waals surface area contributed by atoms with Gasteiger partial charge in [-0.25, -0.2) is 4.79 Å². The molecular formula is C8H14O4. The van der Waals surface area contributed by atoms with E-state index in [1.807, 2.05) is 0 Å². The molecule has 0 amide bonds. The fourth-order valence-electron chi connectivity index (χ4n) is 0.649. The van der Waals surface area contributed by atoms with Crippen molar-refractivity contribution in [3.8, 4) is 0 Å². The van der Waals surface area contributed by atoms with Crippen molar-refractivity contribution < 1.29 is 19.4 Å². The highest BCUT2D eigenvalue weighted by molar-refractivity contribution is 5.81. The number of methoxy groups -OCH3 is 1. The van der Waals surface area contributed by atoms with E-state index >= 15 is 0 Å². The lowest BCUT2D eigenvalue weighted by molar-refractivity contribution is -0.145. The van der Waals surface area contributed by atoms with E-state index in [0.29, 0.717) is 13.0 Å². The Balaban J connectivity index is 3.66. The number of carbonyl (C=O) groups is 1. The number of rotatable bonds is 6. The zero-order valence-electron chi connectivity index (χ0n) is 7.16. The molecule has 4 nitrogen and oxygen atoms in total. The van der Waals surface area contributed by atoms with Crippen LogP contribution >= 0.6 is 0 Å². The summed E-state index contributed by atoms with van der Waals surface area (Å²) in [6.07, 6.45) is 1.07. The van der Waals surface area contributed by atoms with Crippen LogP contribution in [0.5, 0.6) is 0 Å². The topological polar surface area (TPSA) is 55.8 Å². The first kappa shape index (κ1) is 11.1. The number of ether oxygens (including phenoxy) is 2. The molecule has 0 rings (SSSR count). The second kappa shape index (κ2) is 6.82. The van der Waals surface area contributed by atoms with E-state index in [9.17, 15) is 4.79 Å². The average molecular weight is 174 g/mol. The first-order chi connectivity index (χ1) is 5.74. The van der Waals surface area contributed by atoms with Crippen LogP contribution in [-0.4, -0.2) is 37.5 Å². The average Bonchev–Trinajstić information content (AvgIpc) is 2.11. The van der Waals surface area contributed by atoms with Crippen molar-refractivity contribution in [3.63, 3.8) is 0 Å². The summed E-state index contributed by atoms with van der Waals surface area (Å²) in [6, 6.07) is 0. The van der Waals surface area contributed by atoms with Gasteiger partial charge in [-0.05, 0) is 0 Å². The van der Waals surface area contributed by atoms with Gasteiger partial charge in [0, 0.05) is 26.2 Å². The van der Waals surface area contributed by atoms with Crippen molar-refractivity contribution >= 4 is 5.97 Å². The predicted molar refractivity (Wildman–Crippen MR) is 43.7 cm³/mol. The molecule has 0 saturated heterocycles. The predicted octanol–water partition coefficient (Wildman–Crippen LogP) is 0.113. The maximum Gasteiger partial charge on any atom is 0.330 e. The minimum Gasteiger partial charge on any atom is -0.457 e. The maximum absolute atomic E-state index is 10.7. The molecule has 0 fully saturated rings. The number of aliphatic hydroxyl groups excluding tert-OH is 1. The van der Waals surface area contributed by atoms with Gasteiger partial charge in [-0.15, -0.1) is 0 Å². The van der Waals surface area contributed by atoms with Crippen LogP contribution in [0.3, 0.4) is 0 Å². The van der Waals surface area contributed by atoms with Crippen LogP contribution in [0.4, 0.5) is 0 Å². The Morgan fingerprint density at radius 3 is 2.83 bits per heavy atom. The molecule has 0 bridgehead atoms. The minimum atomic E-state index is -0.523. The Bertz CT molecular complexity index is 144. The summed E-state index contributed by atoms with van der Waals surface area (Å²) >= 11 is 0. The highest BCUT2D eigenvalue weighted by Crippen LogP contribution is 1.98. The van der Waals surface area contributed by atoms with Crippen molar-refractivity contribution in [1.29, 1.82) is 0 Å². The van der Waals surface area contributed by atoms with Gasteiger partial charge in [-0.2, -0.15) is 0 Å². The number of esters is 1. The Hall–Kier alpha value is -0.870. The molecule has 0 heterocycles. The molecule has 0 radical (unpaired) electrons. The van der Waals surface area contributed by atoms with Gasteiger partial charge < -0.3 is 14.6 Å². The second-order valence-corrected chi connectivity index (χ2v) is 2.23. The van der Waals surface area contributed by atoms with Crippen LogP contribution < -0.4 is 0 Å². The van der Waals surface area contributed by atoms with Gasteiger partial charge in [0.1, 0.15) is 6.10 Å². The van der Waals surface area contributed by atoms with Crippen LogP contribution in [0, 0.1) is 0 Å². The molecular weight excluding hydrogens is 160 g/mol. The third-order valence-electron chi connectivity index (χ3n) is 1.30. The number of hydrogen-bond acceptors (Lipinski definition) is 4. The van der Waals surface area contributed by atoms with E-state index in [1.54, 1.807) is 7.11 Å². The quantitative estimate of drug-likeness (QED) is 0.459. The minimum absolute atomic E-state index is 0.192. The van der Waals surface area contributed by atoms with Crippen molar-refractivity contribution in [2.45, 2.75) is 12.5 Å². The summed E-state index contributed by atoms with van der Waals surface area (Å²) < 4.78 is 9.53. The third-order valence-corrected chi connectivity index (χ3v) is 1.30. The van der Waals surface area contributed by atoms with Crippen LogP contribution in [-0.2, 0) is 14.3 Å². The first-order valence-corrected chi connectivity index (χ1v) is 3.67. The zero-order valence-corrected chi connectivity index (χ0v) is 7.16. The Morgan fingerprint density at radius 2 is 2.42 bits per heavy atom. The van der Waals surface area contributed by atoms with E-state index in [-0.39, 0.29) is 6.61 Å². The number of carbonyl (C=O) groups excluding carboxylic acids is 1. The second-order valence-electron chi connectivity index (χ2n) is 2.23. The van der Waals surface area contributed by atoms with Crippen LogP contribution in [0.2, 0.25) is 0 Å². The molecule has 0 aromatic carbocycles. The lowest BCUT2D eigenvalue weighted by Gasteiger charge is -2.13. The largest absolute Gasteiger partial charge is 0.457 e. The highest BCUT2D eigenvalue weighted by atomic mass is 16.6. The van der Waals surface area contributed by atoms with Gasteiger partial charge in [0.15, 0.2) is 0 Å². The van der Waals surface area contributed by atoms with E-state index in [1.165, 1.54) is 0 Å². The molecule has 12 heavy (non-hydrogen) atoms. The standard InChI is InChI=1S/C8H14O4/c1-3-8(10)12-7(6-9)4-5-11-2/h3,7,9H,1,4-6H2,2H3. The molecule has 4 heteroatoms. The fourth-order valence-corrected chi connectivity index (χ4v) is 0.649. The number of aliphatic hydroxyl groups is 1. The summed E-state index contributed by atoms with van der Waals surface area (Å²) in [5.74, 6) is -0.523. The van der Waals surface area contributed by atoms with Gasteiger partial charge in [-0.1, -0.05) is 6.58 Å². The van der Waals surface area contributed by atoms with E-state index in [4.69, 9.17) is 14.6 Å². The summed E-state index contributed by atoms with van der Waals surface area (Å²) in [5.41, 5.74) is 0. The maximum atomic E-state index is 10.7. The molecule has 0 aliphatic rings. The third kappa shape index (κ3) is 4.87. The van der Waals surface area contributed by atoms with Crippen LogP contribution in [0.1, 0.15) is 6.42 Å². The van der Waals surface area contributed by atoms with Crippen molar-refractivity contribution in [2.75, 3.05) is 20.3 Å². The Kier molecular flexibility index (Phi) is 6.32. The van der Waals surface area contributed by atoms with Gasteiger partial charge in [0.05, 0.1) is 6.61 Å². The van der Waals surface area contributed by atoms with Crippen molar-refractivity contribution in [3.05, 3.63) is 12.7 Å². The molecule has 1 atom stereocenters. The van der Waals surface area contributed by atoms with Crippen molar-refractivity contribution in [1.82, 2.24) is 0 Å². The van der Waals surface area contributed by atoms with Crippen LogP contribution in [0.15, 0.2) is 12.7 Å². The summed E-state index contributed by atoms with van der Waals surface area (Å²) in [6.45, 7) is 3.50. The van der Waals surface area contributed by atoms with E-state index in [0.717, 1.165) is 6.08 Å². The Morgan fingerprint density at radius 1 is 1.75 bits per heavy atom. The fraction of sp³-hybridized carbons (Fsp3) is 0.625. The number of hydrogen-bond donors (Lipinski definition) is 1. The molecule has 0 aromatic rings. The van der Waals surface area contributed by atoms with Gasteiger partial charge in [0.25, 0.3) is 0 Å². The van der Waals surface area contributed by atoms with E-state index in [2.05, 4.69) is 6.58 Å². The molecule has 1 N–H and O–H groups in total. The van der Waals surface area contributed by atoms with Crippen molar-refractivity contribution in [2.24, 2.45) is 0 Å². The lowest BCUT2D eigenvalue weighted by atomic mass is 10.3. The van der Waals surface area contributed by atoms with Crippen LogP contribution in [0.25, 0.3) is 0 Å². The normalized spacial score (nSPS) is 12.2. The smallest absolute Gasteiger partial charge is 0.330 e. The highest BCUT2D eigenvalue weighted by Gasteiger charge is 2.10. The Labute approximate surface area is 71.8 Å². The summed E-state index contributed by atoms with van der Waals surface area (Å²) in [5, 5.41) is 8.73. The van der Waals surface area contributed by atoms with E-state index < -0.39 is 12.1 Å². The molecule has 0 aromatic heterocycles. The monoisotopic (exact) mass is 174 g/mol. The van der Waals surface area contributed by atoms with Gasteiger partial charge in [-0.3, -0.25) is 0 Å². The SMILES string of the molecule is C=CC(=O)OC(CO)CCOC. The summed E-state index contributed by atoms with van der Waals surface area (Å²) in [7, 11) is 1.55. The lowest BCUT2D eigenvalue weighted by Crippen LogP contribution is -2.22. The van der Waals surface area contributed by atoms with Gasteiger partial charge in [0.2, 0.25) is 0 Å². The molecule has 0 aliphatic carbocycles. The molecule has 0 aliphatic heterocycles. The molecule has 1 unspecified atom stereocenters. The summed E-state index contributed by atoms with van der Waals surface area (Å²) in [4.78, 5) is 10.7. The molecule has 0 spiro atoms. The first-order valence-electron chi connectivity index (χ1n) is 3.67. The molecule has 0 saturated carbocycles. The van der Waals surface area contributed by atoms with Gasteiger partial charge >= 0.3 is 5.97 Å². The molecule has 70 valence electrons. The zero-order chi connectivity index (χ0) is 9.40.